The first-order chi connectivity index (χ1) is 11.5. The van der Waals surface area contributed by atoms with Gasteiger partial charge in [-0.1, -0.05) is 22.9 Å². The van der Waals surface area contributed by atoms with E-state index in [0.29, 0.717) is 37.2 Å². The Labute approximate surface area is 145 Å². The van der Waals surface area contributed by atoms with Gasteiger partial charge in [0.1, 0.15) is 6.10 Å². The van der Waals surface area contributed by atoms with E-state index in [1.54, 1.807) is 18.7 Å². The molecule has 1 atom stereocenters. The van der Waals surface area contributed by atoms with Crippen molar-refractivity contribution in [1.82, 2.24) is 15.0 Å². The maximum Gasteiger partial charge on any atom is 0.233 e. The number of carbonyl (C=O) groups is 1. The minimum atomic E-state index is -0.314. The van der Waals surface area contributed by atoms with Gasteiger partial charge >= 0.3 is 0 Å². The fourth-order valence-electron chi connectivity index (χ4n) is 2.57. The van der Waals surface area contributed by atoms with Crippen molar-refractivity contribution in [3.8, 4) is 0 Å². The van der Waals surface area contributed by atoms with E-state index in [4.69, 9.17) is 9.26 Å². The van der Waals surface area contributed by atoms with Crippen LogP contribution in [0.1, 0.15) is 28.9 Å². The summed E-state index contributed by atoms with van der Waals surface area (Å²) in [6.45, 7) is 7.41. The van der Waals surface area contributed by atoms with Crippen molar-refractivity contribution in [2.75, 3.05) is 25.4 Å². The Morgan fingerprint density at radius 1 is 1.38 bits per heavy atom. The van der Waals surface area contributed by atoms with E-state index in [0.717, 1.165) is 4.90 Å². The van der Waals surface area contributed by atoms with Crippen molar-refractivity contribution in [3.63, 3.8) is 0 Å². The van der Waals surface area contributed by atoms with Gasteiger partial charge in [-0.15, -0.1) is 11.8 Å². The summed E-state index contributed by atoms with van der Waals surface area (Å²) in [4.78, 5) is 19.7. The Kier molecular flexibility index (Phi) is 5.20. The topological polar surface area (TPSA) is 68.5 Å². The molecule has 1 aliphatic heterocycles. The van der Waals surface area contributed by atoms with E-state index < -0.39 is 0 Å². The molecule has 0 unspecified atom stereocenters. The number of hydrogen-bond acceptors (Lipinski definition) is 6. The minimum Gasteiger partial charge on any atom is -0.366 e. The van der Waals surface area contributed by atoms with Crippen LogP contribution in [0.2, 0.25) is 0 Å². The lowest BCUT2D eigenvalue weighted by atomic mass is 10.2. The van der Waals surface area contributed by atoms with Crippen LogP contribution in [0.25, 0.3) is 0 Å². The molecule has 0 radical (unpaired) electrons. The molecule has 1 saturated heterocycles. The number of hydrogen-bond donors (Lipinski definition) is 0. The number of carbonyl (C=O) groups excluding carboxylic acids is 1. The van der Waals surface area contributed by atoms with Gasteiger partial charge in [0.05, 0.1) is 18.9 Å². The molecule has 1 amide bonds. The van der Waals surface area contributed by atoms with E-state index in [1.165, 1.54) is 11.1 Å². The third-order valence-corrected chi connectivity index (χ3v) is 5.09. The minimum absolute atomic E-state index is 0.106. The predicted octanol–water partition coefficient (Wildman–Crippen LogP) is 2.69. The summed E-state index contributed by atoms with van der Waals surface area (Å²) in [6, 6.07) is 6.30. The zero-order valence-electron chi connectivity index (χ0n) is 14.1. The number of aryl methyl sites for hydroxylation is 3. The molecule has 0 aliphatic carbocycles. The highest BCUT2D eigenvalue weighted by Crippen LogP contribution is 2.25. The molecule has 128 valence electrons. The van der Waals surface area contributed by atoms with Crippen LogP contribution in [0.4, 0.5) is 0 Å². The average molecular weight is 347 g/mol. The van der Waals surface area contributed by atoms with Gasteiger partial charge in [-0.2, -0.15) is 4.98 Å². The zero-order valence-corrected chi connectivity index (χ0v) is 14.9. The molecular formula is C17H21N3O3S. The van der Waals surface area contributed by atoms with Crippen LogP contribution in [0.5, 0.6) is 0 Å². The summed E-state index contributed by atoms with van der Waals surface area (Å²) < 4.78 is 10.7. The largest absolute Gasteiger partial charge is 0.366 e. The van der Waals surface area contributed by atoms with Crippen molar-refractivity contribution in [1.29, 1.82) is 0 Å². The standard InChI is InChI=1S/C17H21N3O3S/c1-11-4-5-12(2)15(8-11)24-10-16(21)20-6-7-22-14(9-20)17-18-13(3)23-19-17/h4-5,8,14H,6-7,9-10H2,1-3H3/t14-/m0/s1. The maximum absolute atomic E-state index is 12.5. The van der Waals surface area contributed by atoms with Gasteiger partial charge in [0, 0.05) is 18.4 Å². The van der Waals surface area contributed by atoms with E-state index >= 15 is 0 Å². The Balaban J connectivity index is 1.59. The summed E-state index contributed by atoms with van der Waals surface area (Å²) in [7, 11) is 0. The molecule has 0 bridgehead atoms. The highest BCUT2D eigenvalue weighted by atomic mass is 32.2. The second-order valence-electron chi connectivity index (χ2n) is 5.93. The van der Waals surface area contributed by atoms with Crippen LogP contribution in [-0.2, 0) is 9.53 Å². The predicted molar refractivity (Wildman–Crippen MR) is 90.9 cm³/mol. The van der Waals surface area contributed by atoms with Gasteiger partial charge in [0.15, 0.2) is 0 Å². The van der Waals surface area contributed by atoms with Crippen molar-refractivity contribution in [3.05, 3.63) is 41.0 Å². The normalized spacial score (nSPS) is 18.0. The van der Waals surface area contributed by atoms with Gasteiger partial charge in [-0.3, -0.25) is 4.79 Å². The molecule has 6 nitrogen and oxygen atoms in total. The molecule has 24 heavy (non-hydrogen) atoms. The summed E-state index contributed by atoms with van der Waals surface area (Å²) in [6.07, 6.45) is -0.314. The van der Waals surface area contributed by atoms with Gasteiger partial charge < -0.3 is 14.2 Å². The van der Waals surface area contributed by atoms with Crippen molar-refractivity contribution in [2.24, 2.45) is 0 Å². The SMILES string of the molecule is Cc1ccc(C)c(SCC(=O)N2CCO[C@H](c3noc(C)n3)C2)c1. The second-order valence-corrected chi connectivity index (χ2v) is 6.95. The lowest BCUT2D eigenvalue weighted by Gasteiger charge is -2.31. The molecule has 3 rings (SSSR count). The van der Waals surface area contributed by atoms with Crippen LogP contribution in [0.15, 0.2) is 27.6 Å². The van der Waals surface area contributed by atoms with Crippen molar-refractivity contribution < 1.29 is 14.1 Å². The summed E-state index contributed by atoms with van der Waals surface area (Å²) in [5, 5.41) is 3.89. The molecule has 2 heterocycles. The number of thioether (sulfide) groups is 1. The van der Waals surface area contributed by atoms with E-state index in [2.05, 4.69) is 42.2 Å². The Bertz CT molecular complexity index is 732. The fraction of sp³-hybridized carbons (Fsp3) is 0.471. The maximum atomic E-state index is 12.5. The number of morpholine rings is 1. The molecule has 1 fully saturated rings. The summed E-state index contributed by atoms with van der Waals surface area (Å²) in [5.41, 5.74) is 2.40. The smallest absolute Gasteiger partial charge is 0.233 e. The van der Waals surface area contributed by atoms with E-state index in [-0.39, 0.29) is 12.0 Å². The quantitative estimate of drug-likeness (QED) is 0.792. The van der Waals surface area contributed by atoms with Crippen LogP contribution in [-0.4, -0.2) is 46.4 Å². The van der Waals surface area contributed by atoms with Gasteiger partial charge in [0.2, 0.25) is 17.6 Å². The summed E-state index contributed by atoms with van der Waals surface area (Å²) in [5.74, 6) is 1.53. The number of nitrogens with zero attached hydrogens (tertiary/aromatic N) is 3. The number of rotatable bonds is 4. The van der Waals surface area contributed by atoms with Gasteiger partial charge in [-0.25, -0.2) is 0 Å². The second kappa shape index (κ2) is 7.36. The molecule has 0 spiro atoms. The lowest BCUT2D eigenvalue weighted by Crippen LogP contribution is -2.43. The molecule has 0 saturated carbocycles. The highest BCUT2D eigenvalue weighted by molar-refractivity contribution is 8.00. The monoisotopic (exact) mass is 347 g/mol. The van der Waals surface area contributed by atoms with Crippen LogP contribution < -0.4 is 0 Å². The molecular weight excluding hydrogens is 326 g/mol. The molecule has 7 heteroatoms. The molecule has 1 aromatic heterocycles. The molecule has 1 aromatic carbocycles. The third kappa shape index (κ3) is 3.96. The first-order valence-electron chi connectivity index (χ1n) is 7.92. The van der Waals surface area contributed by atoms with Crippen molar-refractivity contribution >= 4 is 17.7 Å². The third-order valence-electron chi connectivity index (χ3n) is 3.95. The lowest BCUT2D eigenvalue weighted by molar-refractivity contribution is -0.136. The first-order valence-corrected chi connectivity index (χ1v) is 8.91. The van der Waals surface area contributed by atoms with Crippen molar-refractivity contribution in [2.45, 2.75) is 31.8 Å². The fourth-order valence-corrected chi connectivity index (χ4v) is 3.60. The number of amides is 1. The van der Waals surface area contributed by atoms with E-state index in [1.807, 2.05) is 4.90 Å². The van der Waals surface area contributed by atoms with Crippen LogP contribution in [0, 0.1) is 20.8 Å². The summed E-state index contributed by atoms with van der Waals surface area (Å²) >= 11 is 1.58. The Hall–Kier alpha value is -1.86. The van der Waals surface area contributed by atoms with Gasteiger partial charge in [-0.05, 0) is 25.5 Å². The molecule has 2 aromatic rings. The highest BCUT2D eigenvalue weighted by Gasteiger charge is 2.28. The number of benzene rings is 1. The molecule has 0 N–H and O–H groups in total. The van der Waals surface area contributed by atoms with Crippen LogP contribution in [0.3, 0.4) is 0 Å². The number of ether oxygens (including phenoxy) is 1. The molecule has 1 aliphatic rings. The van der Waals surface area contributed by atoms with E-state index in [9.17, 15) is 4.79 Å². The van der Waals surface area contributed by atoms with Crippen LogP contribution >= 0.6 is 11.8 Å². The first kappa shape index (κ1) is 17.0. The Morgan fingerprint density at radius 3 is 2.96 bits per heavy atom. The average Bonchev–Trinajstić information content (AvgIpc) is 3.02. The zero-order chi connectivity index (χ0) is 17.1. The van der Waals surface area contributed by atoms with Gasteiger partial charge in [0.25, 0.3) is 0 Å². The number of aromatic nitrogens is 2. The Morgan fingerprint density at radius 2 is 2.21 bits per heavy atom.